The fourth-order valence-electron chi connectivity index (χ4n) is 3.13. The quantitative estimate of drug-likeness (QED) is 0.870. The maximum absolute atomic E-state index is 12.0. The molecule has 1 aromatic rings. The largest absolute Gasteiger partial charge is 0.376 e. The summed E-state index contributed by atoms with van der Waals surface area (Å²) in [4.78, 5) is 24.9. The molecule has 2 aliphatic heterocycles. The second kappa shape index (κ2) is 6.03. The second-order valence-electron chi connectivity index (χ2n) is 5.59. The van der Waals surface area contributed by atoms with E-state index in [1.54, 1.807) is 11.0 Å². The molecule has 114 valence electrons. The van der Waals surface area contributed by atoms with Gasteiger partial charge in [0.25, 0.3) is 5.91 Å². The van der Waals surface area contributed by atoms with Crippen LogP contribution in [0.3, 0.4) is 0 Å². The highest BCUT2D eigenvalue weighted by atomic mass is 32.1. The van der Waals surface area contributed by atoms with E-state index in [1.807, 2.05) is 10.8 Å². The molecule has 2 saturated heterocycles. The highest BCUT2D eigenvalue weighted by Gasteiger charge is 2.41. The van der Waals surface area contributed by atoms with Crippen LogP contribution < -0.4 is 11.1 Å². The predicted molar refractivity (Wildman–Crippen MR) is 79.1 cm³/mol. The topological polar surface area (TPSA) is 84.7 Å². The number of hydrogen-bond donors (Lipinski definition) is 2. The van der Waals surface area contributed by atoms with Gasteiger partial charge in [0.05, 0.1) is 12.7 Å². The van der Waals surface area contributed by atoms with Gasteiger partial charge in [-0.1, -0.05) is 0 Å². The van der Waals surface area contributed by atoms with Gasteiger partial charge < -0.3 is 20.7 Å². The van der Waals surface area contributed by atoms with Gasteiger partial charge in [-0.2, -0.15) is 11.3 Å². The number of nitrogens with one attached hydrogen (secondary N) is 1. The van der Waals surface area contributed by atoms with Gasteiger partial charge in [0.1, 0.15) is 0 Å². The number of amides is 3. The number of carbonyl (C=O) groups is 2. The van der Waals surface area contributed by atoms with Crippen molar-refractivity contribution in [2.75, 3.05) is 26.2 Å². The maximum Gasteiger partial charge on any atom is 0.314 e. The second-order valence-corrected chi connectivity index (χ2v) is 6.37. The van der Waals surface area contributed by atoms with Crippen LogP contribution in [0.15, 0.2) is 16.8 Å². The van der Waals surface area contributed by atoms with E-state index in [2.05, 4.69) is 5.32 Å². The summed E-state index contributed by atoms with van der Waals surface area (Å²) in [5.74, 6) is 0.642. The lowest BCUT2D eigenvalue weighted by atomic mass is 9.84. The summed E-state index contributed by atoms with van der Waals surface area (Å²) in [6.45, 7) is 2.51. The molecule has 0 radical (unpaired) electrons. The number of piperidine rings is 1. The first kappa shape index (κ1) is 14.3. The van der Waals surface area contributed by atoms with Crippen molar-refractivity contribution in [3.63, 3.8) is 0 Å². The summed E-state index contributed by atoms with van der Waals surface area (Å²) >= 11 is 1.50. The van der Waals surface area contributed by atoms with Crippen LogP contribution >= 0.6 is 11.3 Å². The first-order valence-corrected chi connectivity index (χ1v) is 8.06. The molecule has 3 rings (SSSR count). The average Bonchev–Trinajstić information content (AvgIpc) is 3.14. The van der Waals surface area contributed by atoms with Crippen LogP contribution in [0.5, 0.6) is 0 Å². The van der Waals surface area contributed by atoms with Crippen LogP contribution in [0, 0.1) is 11.8 Å². The molecule has 2 fully saturated rings. The molecular formula is C14H19N3O3S. The van der Waals surface area contributed by atoms with Gasteiger partial charge in [0.2, 0.25) is 0 Å². The fraction of sp³-hybridized carbons (Fsp3) is 0.571. The van der Waals surface area contributed by atoms with Gasteiger partial charge in [-0.15, -0.1) is 0 Å². The monoisotopic (exact) mass is 309 g/mol. The van der Waals surface area contributed by atoms with E-state index in [0.29, 0.717) is 37.7 Å². The Balaban J connectivity index is 1.56. The maximum atomic E-state index is 12.0. The SMILES string of the molecule is NC(=O)N1CC[C@H]2CO[C@H](CNC(=O)c3ccsc3)[C@H]2C1. The van der Waals surface area contributed by atoms with E-state index in [4.69, 9.17) is 10.5 Å². The summed E-state index contributed by atoms with van der Waals surface area (Å²) < 4.78 is 5.80. The Kier molecular flexibility index (Phi) is 4.12. The van der Waals surface area contributed by atoms with E-state index in [0.717, 1.165) is 6.42 Å². The van der Waals surface area contributed by atoms with Gasteiger partial charge in [-0.05, 0) is 23.8 Å². The summed E-state index contributed by atoms with van der Waals surface area (Å²) in [5, 5.41) is 6.61. The van der Waals surface area contributed by atoms with E-state index >= 15 is 0 Å². The van der Waals surface area contributed by atoms with E-state index < -0.39 is 0 Å². The van der Waals surface area contributed by atoms with E-state index in [9.17, 15) is 9.59 Å². The number of ether oxygens (including phenoxy) is 1. The lowest BCUT2D eigenvalue weighted by Crippen LogP contribution is -2.49. The van der Waals surface area contributed by atoms with Gasteiger partial charge in [0.15, 0.2) is 0 Å². The van der Waals surface area contributed by atoms with Crippen molar-refractivity contribution < 1.29 is 14.3 Å². The minimum atomic E-state index is -0.374. The van der Waals surface area contributed by atoms with Gasteiger partial charge in [-0.25, -0.2) is 4.79 Å². The molecule has 0 bridgehead atoms. The van der Waals surface area contributed by atoms with Crippen LogP contribution in [-0.2, 0) is 4.74 Å². The zero-order valence-corrected chi connectivity index (χ0v) is 12.5. The lowest BCUT2D eigenvalue weighted by molar-refractivity contribution is 0.0726. The zero-order valence-electron chi connectivity index (χ0n) is 11.7. The number of nitrogens with two attached hydrogens (primary N) is 1. The molecule has 3 amide bonds. The Morgan fingerprint density at radius 2 is 2.38 bits per heavy atom. The lowest BCUT2D eigenvalue weighted by Gasteiger charge is -2.35. The molecule has 21 heavy (non-hydrogen) atoms. The molecule has 2 aliphatic rings. The molecule has 6 nitrogen and oxygen atoms in total. The van der Waals surface area contributed by atoms with E-state index in [-0.39, 0.29) is 24.0 Å². The first-order chi connectivity index (χ1) is 10.1. The Hall–Kier alpha value is -1.60. The number of primary amides is 1. The molecule has 3 atom stereocenters. The van der Waals surface area contributed by atoms with Gasteiger partial charge >= 0.3 is 6.03 Å². The standard InChI is InChI=1S/C14H19N3O3S/c15-14(19)17-3-1-9-7-20-12(11(9)6-17)5-16-13(18)10-2-4-21-8-10/h2,4,8-9,11-12H,1,3,5-7H2,(H2,15,19)(H,16,18)/t9-,11-,12+/m0/s1. The molecule has 3 N–H and O–H groups in total. The number of likely N-dealkylation sites (tertiary alicyclic amines) is 1. The van der Waals surface area contributed by atoms with Gasteiger partial charge in [-0.3, -0.25) is 4.79 Å². The smallest absolute Gasteiger partial charge is 0.314 e. The Bertz CT molecular complexity index is 520. The summed E-state index contributed by atoms with van der Waals surface area (Å²) in [7, 11) is 0. The number of rotatable bonds is 3. The highest BCUT2D eigenvalue weighted by Crippen LogP contribution is 2.33. The van der Waals surface area contributed by atoms with Gasteiger partial charge in [0, 0.05) is 36.5 Å². The Labute approximate surface area is 127 Å². The number of thiophene rings is 1. The minimum absolute atomic E-state index is 0.0419. The third-order valence-electron chi connectivity index (χ3n) is 4.37. The molecule has 0 unspecified atom stereocenters. The molecular weight excluding hydrogens is 290 g/mol. The molecule has 1 aromatic heterocycles. The van der Waals surface area contributed by atoms with Crippen LogP contribution in [0.2, 0.25) is 0 Å². The first-order valence-electron chi connectivity index (χ1n) is 7.11. The zero-order chi connectivity index (χ0) is 14.8. The molecule has 7 heteroatoms. The third-order valence-corrected chi connectivity index (χ3v) is 5.05. The fourth-order valence-corrected chi connectivity index (χ4v) is 3.76. The molecule has 0 aliphatic carbocycles. The van der Waals surface area contributed by atoms with Crippen LogP contribution in [0.4, 0.5) is 4.79 Å². The van der Waals surface area contributed by atoms with Crippen molar-refractivity contribution in [1.82, 2.24) is 10.2 Å². The number of fused-ring (bicyclic) bond motifs is 1. The number of carbonyl (C=O) groups excluding carboxylic acids is 2. The number of nitrogens with zero attached hydrogens (tertiary/aromatic N) is 1. The molecule has 3 heterocycles. The summed E-state index contributed by atoms with van der Waals surface area (Å²) in [5.41, 5.74) is 6.04. The minimum Gasteiger partial charge on any atom is -0.376 e. The van der Waals surface area contributed by atoms with Crippen molar-refractivity contribution in [3.8, 4) is 0 Å². The summed E-state index contributed by atoms with van der Waals surface area (Å²) in [6, 6.07) is 1.43. The van der Waals surface area contributed by atoms with Crippen molar-refractivity contribution in [1.29, 1.82) is 0 Å². The molecule has 0 aromatic carbocycles. The number of hydrogen-bond acceptors (Lipinski definition) is 4. The van der Waals surface area contributed by atoms with Crippen LogP contribution in [-0.4, -0.2) is 49.2 Å². The number of urea groups is 1. The van der Waals surface area contributed by atoms with Crippen molar-refractivity contribution in [2.24, 2.45) is 17.6 Å². The van der Waals surface area contributed by atoms with Crippen LogP contribution in [0.1, 0.15) is 16.8 Å². The predicted octanol–water partition coefficient (Wildman–Crippen LogP) is 0.893. The Morgan fingerprint density at radius 1 is 1.52 bits per heavy atom. The van der Waals surface area contributed by atoms with Crippen LogP contribution in [0.25, 0.3) is 0 Å². The van der Waals surface area contributed by atoms with Crippen molar-refractivity contribution >= 4 is 23.3 Å². The summed E-state index contributed by atoms with van der Waals surface area (Å²) in [6.07, 6.45) is 0.877. The Morgan fingerprint density at radius 3 is 3.10 bits per heavy atom. The normalized spacial score (nSPS) is 28.2. The van der Waals surface area contributed by atoms with Crippen molar-refractivity contribution in [3.05, 3.63) is 22.4 Å². The van der Waals surface area contributed by atoms with E-state index in [1.165, 1.54) is 11.3 Å². The molecule has 0 saturated carbocycles. The third kappa shape index (κ3) is 3.03. The average molecular weight is 309 g/mol. The highest BCUT2D eigenvalue weighted by molar-refractivity contribution is 7.08. The van der Waals surface area contributed by atoms with Crippen molar-refractivity contribution in [2.45, 2.75) is 12.5 Å². The molecule has 0 spiro atoms.